The van der Waals surface area contributed by atoms with E-state index in [1.165, 1.54) is 57.8 Å². The molecule has 0 radical (unpaired) electrons. The minimum Gasteiger partial charge on any atom is -0.480 e. The number of hydrogen-bond acceptors (Lipinski definition) is 10. The third-order valence-electron chi connectivity index (χ3n) is 9.45. The fourth-order valence-corrected chi connectivity index (χ4v) is 6.64. The molecule has 3 unspecified atom stereocenters. The van der Waals surface area contributed by atoms with Crippen molar-refractivity contribution in [2.75, 3.05) is 19.8 Å². The predicted molar refractivity (Wildman–Crippen MR) is 226 cm³/mol. The standard InChI is InChI=1S/C44H76NO11P/c1-3-5-7-9-11-13-14-15-16-17-18-20-22-24-30-34-43(47)55-38(36-53-57(50,51)54-37-39(45)44(48)49)35-52-42(46)33-29-26-25-28-32-41-40(56-41)31-27-23-21-19-12-10-8-6-4-2/h12,15-16,19,23,25,27-28,38-41H,3-11,13-14,17-18,20-22,24,26,29-37,45H2,1-2H3,(H,48,49)(H,50,51)/b16-15-,19-12-,27-23-,28-25-/t38-,39+,40?,41?/m1/s1. The fourth-order valence-electron chi connectivity index (χ4n) is 5.86. The van der Waals surface area contributed by atoms with E-state index in [0.29, 0.717) is 19.3 Å². The van der Waals surface area contributed by atoms with Gasteiger partial charge in [0.1, 0.15) is 12.6 Å². The highest BCUT2D eigenvalue weighted by molar-refractivity contribution is 7.47. The SMILES string of the molecule is CCCCC/C=C\C/C=C\CC1OC1C/C=C\CCCC(=O)OC[C@H](COP(=O)(O)OC[C@H](N)C(=O)O)OC(=O)CCCCCCC/C=C\CCCCCCCC. The number of esters is 2. The molecule has 0 aromatic carbocycles. The Morgan fingerprint density at radius 3 is 1.75 bits per heavy atom. The molecule has 0 aliphatic carbocycles. The summed E-state index contributed by atoms with van der Waals surface area (Å²) in [5.41, 5.74) is 5.33. The Hall–Kier alpha value is -2.60. The summed E-state index contributed by atoms with van der Waals surface area (Å²) in [6.07, 6.45) is 40.6. The van der Waals surface area contributed by atoms with Crippen LogP contribution in [0, 0.1) is 0 Å². The molecule has 0 amide bonds. The molecule has 0 spiro atoms. The summed E-state index contributed by atoms with van der Waals surface area (Å²) in [5, 5.41) is 8.89. The fraction of sp³-hybridized carbons (Fsp3) is 0.750. The highest BCUT2D eigenvalue weighted by Crippen LogP contribution is 2.43. The summed E-state index contributed by atoms with van der Waals surface area (Å²) in [7, 11) is -4.74. The second kappa shape index (κ2) is 35.4. The normalized spacial score (nSPS) is 17.8. The Balaban J connectivity index is 2.34. The van der Waals surface area contributed by atoms with Gasteiger partial charge in [0.05, 0.1) is 25.4 Å². The molecule has 12 nitrogen and oxygen atoms in total. The van der Waals surface area contributed by atoms with Crippen molar-refractivity contribution < 1.29 is 52.2 Å². The molecule has 4 N–H and O–H groups in total. The number of rotatable bonds is 39. The van der Waals surface area contributed by atoms with Crippen LogP contribution in [0.25, 0.3) is 0 Å². The summed E-state index contributed by atoms with van der Waals surface area (Å²) >= 11 is 0. The van der Waals surface area contributed by atoms with E-state index in [2.05, 4.69) is 60.9 Å². The number of carboxylic acids is 1. The summed E-state index contributed by atoms with van der Waals surface area (Å²) in [4.78, 5) is 46.0. The number of carbonyl (C=O) groups is 3. The number of phosphoric acid groups is 1. The molecule has 1 aliphatic rings. The summed E-state index contributed by atoms with van der Waals surface area (Å²) in [6, 6.07) is -1.53. The number of unbranched alkanes of at least 4 members (excludes halogenated alkanes) is 15. The van der Waals surface area contributed by atoms with Crippen molar-refractivity contribution >= 4 is 25.7 Å². The van der Waals surface area contributed by atoms with E-state index in [1.54, 1.807) is 0 Å². The van der Waals surface area contributed by atoms with Crippen LogP contribution in [-0.2, 0) is 42.2 Å². The third-order valence-corrected chi connectivity index (χ3v) is 10.4. The van der Waals surface area contributed by atoms with Gasteiger partial charge in [0, 0.05) is 12.8 Å². The van der Waals surface area contributed by atoms with Crippen LogP contribution < -0.4 is 5.73 Å². The largest absolute Gasteiger partial charge is 0.480 e. The van der Waals surface area contributed by atoms with Gasteiger partial charge in [0.25, 0.3) is 0 Å². The van der Waals surface area contributed by atoms with E-state index in [9.17, 15) is 23.8 Å². The maximum Gasteiger partial charge on any atom is 0.472 e. The summed E-state index contributed by atoms with van der Waals surface area (Å²) in [5.74, 6) is -2.47. The molecule has 1 aliphatic heterocycles. The van der Waals surface area contributed by atoms with Gasteiger partial charge < -0.3 is 29.9 Å². The Kier molecular flexibility index (Phi) is 32.5. The number of carbonyl (C=O) groups excluding carboxylic acids is 2. The Morgan fingerprint density at radius 1 is 0.632 bits per heavy atom. The lowest BCUT2D eigenvalue weighted by Gasteiger charge is -2.20. The average Bonchev–Trinajstić information content (AvgIpc) is 3.94. The smallest absolute Gasteiger partial charge is 0.472 e. The molecule has 0 saturated carbocycles. The maximum absolute atomic E-state index is 12.6. The first-order chi connectivity index (χ1) is 27.6. The van der Waals surface area contributed by atoms with Gasteiger partial charge in [-0.05, 0) is 77.0 Å². The molecule has 328 valence electrons. The van der Waals surface area contributed by atoms with Gasteiger partial charge >= 0.3 is 25.7 Å². The van der Waals surface area contributed by atoms with E-state index < -0.39 is 51.1 Å². The summed E-state index contributed by atoms with van der Waals surface area (Å²) in [6.45, 7) is 2.68. The highest BCUT2D eigenvalue weighted by Gasteiger charge is 2.36. The minimum absolute atomic E-state index is 0.135. The number of ether oxygens (including phenoxy) is 3. The predicted octanol–water partition coefficient (Wildman–Crippen LogP) is 10.4. The molecule has 1 fully saturated rings. The second-order valence-corrected chi connectivity index (χ2v) is 16.3. The minimum atomic E-state index is -4.74. The van der Waals surface area contributed by atoms with Crippen molar-refractivity contribution in [2.45, 2.75) is 192 Å². The van der Waals surface area contributed by atoms with Crippen LogP contribution in [0.1, 0.15) is 168 Å². The molecule has 1 rings (SSSR count). The van der Waals surface area contributed by atoms with E-state index in [0.717, 1.165) is 64.2 Å². The number of aliphatic carboxylic acids is 1. The number of carboxylic acid groups (broad SMARTS) is 1. The first-order valence-electron chi connectivity index (χ1n) is 21.8. The van der Waals surface area contributed by atoms with E-state index in [1.807, 2.05) is 6.08 Å². The van der Waals surface area contributed by atoms with Crippen LogP contribution >= 0.6 is 7.82 Å². The lowest BCUT2D eigenvalue weighted by molar-refractivity contribution is -0.161. The van der Waals surface area contributed by atoms with Gasteiger partial charge in [-0.15, -0.1) is 0 Å². The van der Waals surface area contributed by atoms with E-state index in [4.69, 9.17) is 29.6 Å². The van der Waals surface area contributed by atoms with Gasteiger partial charge in [-0.1, -0.05) is 127 Å². The zero-order valence-electron chi connectivity index (χ0n) is 35.1. The molecule has 0 bridgehead atoms. The third kappa shape index (κ3) is 33.0. The Bertz CT molecular complexity index is 1220. The topological polar surface area (TPSA) is 184 Å². The van der Waals surface area contributed by atoms with E-state index >= 15 is 0 Å². The molecule has 1 saturated heterocycles. The van der Waals surface area contributed by atoms with Crippen LogP contribution in [-0.4, -0.2) is 72.1 Å². The molecule has 5 atom stereocenters. The maximum atomic E-state index is 12.6. The van der Waals surface area contributed by atoms with Gasteiger partial charge in [0.15, 0.2) is 6.10 Å². The molecule has 1 heterocycles. The lowest BCUT2D eigenvalue weighted by atomic mass is 10.1. The molecular weight excluding hydrogens is 749 g/mol. The van der Waals surface area contributed by atoms with Crippen LogP contribution in [0.4, 0.5) is 0 Å². The zero-order chi connectivity index (χ0) is 41.8. The van der Waals surface area contributed by atoms with Gasteiger partial charge in [-0.25, -0.2) is 4.57 Å². The molecule has 0 aromatic rings. The van der Waals surface area contributed by atoms with Crippen molar-refractivity contribution in [3.63, 3.8) is 0 Å². The van der Waals surface area contributed by atoms with E-state index in [-0.39, 0.29) is 31.7 Å². The van der Waals surface area contributed by atoms with Crippen molar-refractivity contribution in [3.8, 4) is 0 Å². The quantitative estimate of drug-likeness (QED) is 0.0175. The van der Waals surface area contributed by atoms with Crippen LogP contribution in [0.3, 0.4) is 0 Å². The monoisotopic (exact) mass is 826 g/mol. The van der Waals surface area contributed by atoms with Crippen LogP contribution in [0.15, 0.2) is 48.6 Å². The van der Waals surface area contributed by atoms with Gasteiger partial charge in [-0.3, -0.25) is 23.4 Å². The second-order valence-electron chi connectivity index (χ2n) is 14.9. The zero-order valence-corrected chi connectivity index (χ0v) is 36.0. The van der Waals surface area contributed by atoms with Crippen molar-refractivity contribution in [1.82, 2.24) is 0 Å². The molecule has 0 aromatic heterocycles. The number of hydrogen-bond donors (Lipinski definition) is 3. The van der Waals surface area contributed by atoms with Crippen LogP contribution in [0.2, 0.25) is 0 Å². The van der Waals surface area contributed by atoms with Gasteiger partial charge in [0.2, 0.25) is 0 Å². The Labute approximate surface area is 343 Å². The highest BCUT2D eigenvalue weighted by atomic mass is 31.2. The number of allylic oxidation sites excluding steroid dienone is 6. The van der Waals surface area contributed by atoms with Gasteiger partial charge in [-0.2, -0.15) is 0 Å². The average molecular weight is 826 g/mol. The van der Waals surface area contributed by atoms with Crippen molar-refractivity contribution in [1.29, 1.82) is 0 Å². The van der Waals surface area contributed by atoms with Crippen molar-refractivity contribution in [3.05, 3.63) is 48.6 Å². The molecular formula is C44H76NO11P. The first-order valence-corrected chi connectivity index (χ1v) is 23.3. The number of nitrogens with two attached hydrogens (primary N) is 1. The lowest BCUT2D eigenvalue weighted by Crippen LogP contribution is -2.34. The van der Waals surface area contributed by atoms with Crippen LogP contribution in [0.5, 0.6) is 0 Å². The molecule has 57 heavy (non-hydrogen) atoms. The number of phosphoric ester groups is 1. The molecule has 13 heteroatoms. The number of epoxide rings is 1. The Morgan fingerprint density at radius 2 is 1.11 bits per heavy atom. The first kappa shape index (κ1) is 52.4. The van der Waals surface area contributed by atoms with Crippen molar-refractivity contribution in [2.24, 2.45) is 5.73 Å². The summed E-state index contributed by atoms with van der Waals surface area (Å²) < 4.78 is 38.4.